The van der Waals surface area contributed by atoms with Crippen LogP contribution in [0.5, 0.6) is 5.75 Å². The minimum atomic E-state index is -0.694. The zero-order chi connectivity index (χ0) is 28.1. The van der Waals surface area contributed by atoms with E-state index in [0.29, 0.717) is 36.3 Å². The summed E-state index contributed by atoms with van der Waals surface area (Å²) in [4.78, 5) is 39.1. The van der Waals surface area contributed by atoms with Crippen molar-refractivity contribution in [2.45, 2.75) is 78.0 Å². The van der Waals surface area contributed by atoms with E-state index in [9.17, 15) is 14.4 Å². The lowest BCUT2D eigenvalue weighted by molar-refractivity contribution is -0.148. The average molecular weight is 526 g/mol. The molecule has 1 unspecified atom stereocenters. The van der Waals surface area contributed by atoms with Crippen LogP contribution >= 0.6 is 0 Å². The van der Waals surface area contributed by atoms with Crippen molar-refractivity contribution in [3.8, 4) is 16.9 Å². The molecule has 204 valence electrons. The summed E-state index contributed by atoms with van der Waals surface area (Å²) in [5.74, 6) is -0.744. The summed E-state index contributed by atoms with van der Waals surface area (Å²) in [6.45, 7) is 11.0. The number of likely N-dealkylation sites (tertiary alicyclic amines) is 1. The second kappa shape index (κ2) is 11.8. The summed E-state index contributed by atoms with van der Waals surface area (Å²) in [7, 11) is 0. The highest BCUT2D eigenvalue weighted by Crippen LogP contribution is 2.33. The van der Waals surface area contributed by atoms with E-state index in [4.69, 9.17) is 14.2 Å². The molecule has 38 heavy (non-hydrogen) atoms. The van der Waals surface area contributed by atoms with Crippen LogP contribution in [-0.2, 0) is 25.5 Å². The lowest BCUT2D eigenvalue weighted by Gasteiger charge is -2.36. The standard InChI is InChI=1S/C30H36FNO6/c1-29(2,3)37-27(34)15-17-36-26-12-8-7-10-21(26)22-18-20(13-14-23(22)31)19-24-25(33)11-9-16-32(24)28(35)38-30(4,5)6/h7-8,10,12-15,17-18,24H,9,11,16,19H2,1-6H3/b17-15+. The van der Waals surface area contributed by atoms with E-state index in [2.05, 4.69) is 0 Å². The van der Waals surface area contributed by atoms with Crippen molar-refractivity contribution in [2.75, 3.05) is 6.54 Å². The maximum Gasteiger partial charge on any atom is 0.410 e. The van der Waals surface area contributed by atoms with E-state index >= 15 is 4.39 Å². The van der Waals surface area contributed by atoms with Gasteiger partial charge in [-0.25, -0.2) is 14.0 Å². The van der Waals surface area contributed by atoms with Crippen LogP contribution in [0.3, 0.4) is 0 Å². The molecule has 1 fully saturated rings. The summed E-state index contributed by atoms with van der Waals surface area (Å²) >= 11 is 0. The van der Waals surface area contributed by atoms with Crippen LogP contribution in [0.4, 0.5) is 9.18 Å². The molecule has 8 heteroatoms. The zero-order valence-electron chi connectivity index (χ0n) is 22.9. The Morgan fingerprint density at radius 1 is 1.00 bits per heavy atom. The Hall–Kier alpha value is -3.68. The van der Waals surface area contributed by atoms with Gasteiger partial charge < -0.3 is 14.2 Å². The Kier molecular flexibility index (Phi) is 8.97. The molecule has 0 N–H and O–H groups in total. The van der Waals surface area contributed by atoms with Gasteiger partial charge in [0.15, 0.2) is 5.78 Å². The molecule has 0 radical (unpaired) electrons. The van der Waals surface area contributed by atoms with Gasteiger partial charge in [-0.05, 0) is 71.7 Å². The molecular formula is C30H36FNO6. The van der Waals surface area contributed by atoms with E-state index < -0.39 is 35.1 Å². The second-order valence-corrected chi connectivity index (χ2v) is 11.2. The molecule has 3 rings (SSSR count). The third kappa shape index (κ3) is 8.16. The SMILES string of the molecule is CC(C)(C)OC(=O)/C=C/Oc1ccccc1-c1cc(CC2C(=O)CCCN2C(=O)OC(C)(C)C)ccc1F. The van der Waals surface area contributed by atoms with Gasteiger partial charge in [-0.1, -0.05) is 24.3 Å². The van der Waals surface area contributed by atoms with Gasteiger partial charge >= 0.3 is 12.1 Å². The molecule has 1 aliphatic rings. The third-order valence-corrected chi connectivity index (χ3v) is 5.64. The van der Waals surface area contributed by atoms with Crippen LogP contribution in [-0.4, -0.2) is 46.5 Å². The first-order valence-corrected chi connectivity index (χ1v) is 12.7. The largest absolute Gasteiger partial charge is 0.464 e. The van der Waals surface area contributed by atoms with Crippen LogP contribution in [0.2, 0.25) is 0 Å². The first-order valence-electron chi connectivity index (χ1n) is 12.7. The first-order chi connectivity index (χ1) is 17.7. The Morgan fingerprint density at radius 3 is 2.37 bits per heavy atom. The fourth-order valence-corrected chi connectivity index (χ4v) is 4.10. The molecule has 1 heterocycles. The lowest BCUT2D eigenvalue weighted by Crippen LogP contribution is -2.51. The highest BCUT2D eigenvalue weighted by molar-refractivity contribution is 5.89. The van der Waals surface area contributed by atoms with Crippen LogP contribution < -0.4 is 4.74 Å². The average Bonchev–Trinajstić information content (AvgIpc) is 2.79. The quantitative estimate of drug-likeness (QED) is 0.252. The third-order valence-electron chi connectivity index (χ3n) is 5.64. The van der Waals surface area contributed by atoms with Crippen molar-refractivity contribution >= 4 is 17.8 Å². The van der Waals surface area contributed by atoms with Gasteiger partial charge in [0, 0.05) is 30.5 Å². The van der Waals surface area contributed by atoms with Gasteiger partial charge in [0.1, 0.15) is 22.8 Å². The topological polar surface area (TPSA) is 82.1 Å². The number of esters is 1. The van der Waals surface area contributed by atoms with Crippen molar-refractivity contribution in [3.63, 3.8) is 0 Å². The predicted molar refractivity (Wildman–Crippen MR) is 142 cm³/mol. The van der Waals surface area contributed by atoms with Gasteiger partial charge in [0.05, 0.1) is 18.4 Å². The van der Waals surface area contributed by atoms with Crippen LogP contribution in [0, 0.1) is 5.82 Å². The van der Waals surface area contributed by atoms with E-state index in [1.54, 1.807) is 77.9 Å². The van der Waals surface area contributed by atoms with E-state index in [-0.39, 0.29) is 17.8 Å². The highest BCUT2D eigenvalue weighted by Gasteiger charge is 2.35. The maximum absolute atomic E-state index is 15.0. The minimum Gasteiger partial charge on any atom is -0.464 e. The number of rotatable bonds is 6. The van der Waals surface area contributed by atoms with Gasteiger partial charge in [0.2, 0.25) is 0 Å². The molecular weight excluding hydrogens is 489 g/mol. The number of Topliss-reactive ketones (excluding diaryl/α,β-unsaturated/α-hetero) is 1. The first kappa shape index (κ1) is 28.9. The predicted octanol–water partition coefficient (Wildman–Crippen LogP) is 6.24. The van der Waals surface area contributed by atoms with Crippen LogP contribution in [0.15, 0.2) is 54.8 Å². The number of halogens is 1. The Morgan fingerprint density at radius 2 is 1.68 bits per heavy atom. The molecule has 7 nitrogen and oxygen atoms in total. The monoisotopic (exact) mass is 525 g/mol. The van der Waals surface area contributed by atoms with Crippen molar-refractivity contribution in [1.29, 1.82) is 0 Å². The normalized spacial score (nSPS) is 16.4. The van der Waals surface area contributed by atoms with Crippen LogP contribution in [0.1, 0.15) is 59.9 Å². The fourth-order valence-electron chi connectivity index (χ4n) is 4.10. The molecule has 0 aromatic heterocycles. The van der Waals surface area contributed by atoms with Gasteiger partial charge in [-0.2, -0.15) is 0 Å². The van der Waals surface area contributed by atoms with E-state index in [1.807, 2.05) is 0 Å². The minimum absolute atomic E-state index is 0.0519. The molecule has 0 saturated carbocycles. The number of hydrogen-bond acceptors (Lipinski definition) is 6. The molecule has 1 aliphatic heterocycles. The van der Waals surface area contributed by atoms with Gasteiger partial charge in [-0.15, -0.1) is 0 Å². The van der Waals surface area contributed by atoms with Crippen molar-refractivity contribution < 1.29 is 33.0 Å². The molecule has 0 spiro atoms. The van der Waals surface area contributed by atoms with Crippen molar-refractivity contribution in [3.05, 3.63) is 66.2 Å². The second-order valence-electron chi connectivity index (χ2n) is 11.2. The number of piperidine rings is 1. The Balaban J connectivity index is 1.84. The molecule has 2 aromatic rings. The van der Waals surface area contributed by atoms with Gasteiger partial charge in [0.25, 0.3) is 0 Å². The van der Waals surface area contributed by atoms with E-state index in [0.717, 1.165) is 6.08 Å². The number of ketones is 1. The molecule has 1 amide bonds. The summed E-state index contributed by atoms with van der Waals surface area (Å²) < 4.78 is 31.4. The summed E-state index contributed by atoms with van der Waals surface area (Å²) in [6.07, 6.45) is 3.01. The number of hydrogen-bond donors (Lipinski definition) is 0. The van der Waals surface area contributed by atoms with Gasteiger partial charge in [-0.3, -0.25) is 9.69 Å². The van der Waals surface area contributed by atoms with Crippen molar-refractivity contribution in [2.24, 2.45) is 0 Å². The fraction of sp³-hybridized carbons (Fsp3) is 0.433. The number of amides is 1. The lowest BCUT2D eigenvalue weighted by atomic mass is 9.92. The number of carbonyl (C=O) groups is 3. The number of carbonyl (C=O) groups excluding carboxylic acids is 3. The molecule has 1 atom stereocenters. The maximum atomic E-state index is 15.0. The Labute approximate surface area is 223 Å². The number of benzene rings is 2. The summed E-state index contributed by atoms with van der Waals surface area (Å²) in [5.41, 5.74) is 0.110. The summed E-state index contributed by atoms with van der Waals surface area (Å²) in [6, 6.07) is 10.8. The number of ether oxygens (including phenoxy) is 3. The number of nitrogens with zero attached hydrogens (tertiary/aromatic N) is 1. The zero-order valence-corrected chi connectivity index (χ0v) is 22.9. The molecule has 2 aromatic carbocycles. The smallest absolute Gasteiger partial charge is 0.410 e. The van der Waals surface area contributed by atoms with E-state index in [1.165, 1.54) is 17.2 Å². The summed E-state index contributed by atoms with van der Waals surface area (Å²) in [5, 5.41) is 0. The van der Waals surface area contributed by atoms with Crippen LogP contribution in [0.25, 0.3) is 11.1 Å². The van der Waals surface area contributed by atoms with Crippen molar-refractivity contribution in [1.82, 2.24) is 4.90 Å². The molecule has 0 bridgehead atoms. The number of para-hydroxylation sites is 1. The highest BCUT2D eigenvalue weighted by atomic mass is 19.1. The molecule has 0 aliphatic carbocycles. The Bertz CT molecular complexity index is 1210. The molecule has 1 saturated heterocycles.